The third-order valence-electron chi connectivity index (χ3n) is 3.45. The van der Waals surface area contributed by atoms with Crippen LogP contribution in [0, 0.1) is 18.3 Å². The Morgan fingerprint density at radius 2 is 1.94 bits per heavy atom. The van der Waals surface area contributed by atoms with Crippen LogP contribution in [0.3, 0.4) is 0 Å². The van der Waals surface area contributed by atoms with Gasteiger partial charge in [0.15, 0.2) is 0 Å². The number of rotatable bonds is 2. The highest BCUT2D eigenvalue weighted by Crippen LogP contribution is 2.19. The summed E-state index contributed by atoms with van der Waals surface area (Å²) in [5.41, 5.74) is 0.933. The third kappa shape index (κ3) is 2.59. The number of nitrogens with zero attached hydrogens (tertiary/aromatic N) is 5. The van der Waals surface area contributed by atoms with Crippen LogP contribution in [0.25, 0.3) is 0 Å². The van der Waals surface area contributed by atoms with Crippen LogP contribution in [-0.4, -0.2) is 46.6 Å². The molecule has 1 aliphatic rings. The molecule has 0 spiro atoms. The molecule has 1 aromatic heterocycles. The van der Waals surface area contributed by atoms with E-state index in [4.69, 9.17) is 5.26 Å². The number of hydrogen-bond acceptors (Lipinski definition) is 5. The second kappa shape index (κ2) is 5.32. The van der Waals surface area contributed by atoms with Crippen molar-refractivity contribution < 1.29 is 0 Å². The molecular formula is C13H19N5. The number of piperazine rings is 1. The molecule has 18 heavy (non-hydrogen) atoms. The van der Waals surface area contributed by atoms with Gasteiger partial charge in [0, 0.05) is 25.2 Å². The molecular weight excluding hydrogens is 226 g/mol. The first-order valence-corrected chi connectivity index (χ1v) is 6.28. The fraction of sp³-hybridized carbons (Fsp3) is 0.615. The van der Waals surface area contributed by atoms with Crippen LogP contribution in [0.15, 0.2) is 12.4 Å². The van der Waals surface area contributed by atoms with Crippen molar-refractivity contribution in [3.8, 4) is 6.07 Å². The van der Waals surface area contributed by atoms with Crippen LogP contribution in [0.2, 0.25) is 0 Å². The van der Waals surface area contributed by atoms with Gasteiger partial charge in [-0.15, -0.1) is 0 Å². The number of nitriles is 1. The number of anilines is 1. The second-order valence-corrected chi connectivity index (χ2v) is 4.95. The van der Waals surface area contributed by atoms with Gasteiger partial charge in [0.2, 0.25) is 0 Å². The smallest absolute Gasteiger partial charge is 0.147 e. The van der Waals surface area contributed by atoms with Gasteiger partial charge in [0.25, 0.3) is 0 Å². The van der Waals surface area contributed by atoms with E-state index < -0.39 is 0 Å². The number of aryl methyl sites for hydroxylation is 1. The van der Waals surface area contributed by atoms with Crippen molar-refractivity contribution in [2.24, 2.45) is 0 Å². The van der Waals surface area contributed by atoms with Crippen LogP contribution < -0.4 is 4.90 Å². The lowest BCUT2D eigenvalue weighted by molar-refractivity contribution is 0.150. The number of hydrogen-bond donors (Lipinski definition) is 0. The molecule has 0 saturated carbocycles. The van der Waals surface area contributed by atoms with E-state index in [1.54, 1.807) is 6.20 Å². The van der Waals surface area contributed by atoms with Crippen molar-refractivity contribution in [3.63, 3.8) is 0 Å². The minimum atomic E-state index is 0.358. The standard InChI is InChI=1S/C13H19N5/c1-10-6-16-13(7-15-10)17-8-11(2)18(5-4-14)12(3)9-17/h6-7,11-12H,5,8-9H2,1-3H3/t11-,12+. The molecule has 5 heteroatoms. The van der Waals surface area contributed by atoms with E-state index in [1.165, 1.54) is 0 Å². The van der Waals surface area contributed by atoms with Crippen molar-refractivity contribution in [2.45, 2.75) is 32.9 Å². The summed E-state index contributed by atoms with van der Waals surface area (Å²) in [7, 11) is 0. The quantitative estimate of drug-likeness (QED) is 0.733. The molecule has 1 aliphatic heterocycles. The molecule has 1 aromatic rings. The Morgan fingerprint density at radius 1 is 1.28 bits per heavy atom. The average molecular weight is 245 g/mol. The van der Waals surface area contributed by atoms with Crippen molar-refractivity contribution in [2.75, 3.05) is 24.5 Å². The molecule has 1 fully saturated rings. The van der Waals surface area contributed by atoms with Crippen LogP contribution in [0.5, 0.6) is 0 Å². The highest BCUT2D eigenvalue weighted by atomic mass is 15.3. The Kier molecular flexibility index (Phi) is 3.78. The van der Waals surface area contributed by atoms with Gasteiger partial charge in [-0.2, -0.15) is 5.26 Å². The van der Waals surface area contributed by atoms with Gasteiger partial charge in [-0.05, 0) is 20.8 Å². The Morgan fingerprint density at radius 3 is 2.44 bits per heavy atom. The molecule has 0 aliphatic carbocycles. The minimum Gasteiger partial charge on any atom is -0.352 e. The van der Waals surface area contributed by atoms with E-state index in [-0.39, 0.29) is 0 Å². The van der Waals surface area contributed by atoms with Crippen molar-refractivity contribution >= 4 is 5.82 Å². The van der Waals surface area contributed by atoms with Gasteiger partial charge in [-0.25, -0.2) is 4.98 Å². The average Bonchev–Trinajstić information content (AvgIpc) is 2.34. The molecule has 0 N–H and O–H groups in total. The van der Waals surface area contributed by atoms with Crippen molar-refractivity contribution in [1.82, 2.24) is 14.9 Å². The zero-order valence-electron chi connectivity index (χ0n) is 11.2. The lowest BCUT2D eigenvalue weighted by atomic mass is 10.1. The highest BCUT2D eigenvalue weighted by molar-refractivity contribution is 5.37. The van der Waals surface area contributed by atoms with E-state index in [1.807, 2.05) is 13.1 Å². The first-order valence-electron chi connectivity index (χ1n) is 6.28. The monoisotopic (exact) mass is 245 g/mol. The highest BCUT2D eigenvalue weighted by Gasteiger charge is 2.29. The summed E-state index contributed by atoms with van der Waals surface area (Å²) in [5, 5.41) is 8.84. The first kappa shape index (κ1) is 12.8. The molecule has 96 valence electrons. The third-order valence-corrected chi connectivity index (χ3v) is 3.45. The maximum Gasteiger partial charge on any atom is 0.147 e. The molecule has 0 unspecified atom stereocenters. The molecule has 1 saturated heterocycles. The summed E-state index contributed by atoms with van der Waals surface area (Å²) in [5.74, 6) is 0.927. The first-order chi connectivity index (χ1) is 8.61. The molecule has 0 bridgehead atoms. The normalized spacial score (nSPS) is 24.9. The van der Waals surface area contributed by atoms with E-state index >= 15 is 0 Å². The fourth-order valence-corrected chi connectivity index (χ4v) is 2.49. The Balaban J connectivity index is 2.10. The van der Waals surface area contributed by atoms with E-state index in [9.17, 15) is 0 Å². The summed E-state index contributed by atoms with van der Waals surface area (Å²) < 4.78 is 0. The Bertz CT molecular complexity index is 424. The Labute approximate surface area is 108 Å². The molecule has 0 aromatic carbocycles. The minimum absolute atomic E-state index is 0.358. The molecule has 2 rings (SSSR count). The topological polar surface area (TPSA) is 56.1 Å². The summed E-state index contributed by atoms with van der Waals surface area (Å²) in [4.78, 5) is 13.2. The Hall–Kier alpha value is -1.67. The molecule has 0 radical (unpaired) electrons. The number of aromatic nitrogens is 2. The maximum absolute atomic E-state index is 8.84. The summed E-state index contributed by atoms with van der Waals surface area (Å²) >= 11 is 0. The zero-order chi connectivity index (χ0) is 13.1. The van der Waals surface area contributed by atoms with Gasteiger partial charge in [0.05, 0.1) is 30.7 Å². The molecule has 2 heterocycles. The van der Waals surface area contributed by atoms with Crippen molar-refractivity contribution in [1.29, 1.82) is 5.26 Å². The maximum atomic E-state index is 8.84. The van der Waals surface area contributed by atoms with Gasteiger partial charge < -0.3 is 4.90 Å². The van der Waals surface area contributed by atoms with E-state index in [0.29, 0.717) is 18.6 Å². The lowest BCUT2D eigenvalue weighted by Gasteiger charge is -2.43. The van der Waals surface area contributed by atoms with E-state index in [0.717, 1.165) is 24.6 Å². The van der Waals surface area contributed by atoms with Crippen LogP contribution in [0.4, 0.5) is 5.82 Å². The molecule has 2 atom stereocenters. The summed E-state index contributed by atoms with van der Waals surface area (Å²) in [6, 6.07) is 2.96. The van der Waals surface area contributed by atoms with Gasteiger partial charge in [-0.3, -0.25) is 9.88 Å². The predicted octanol–water partition coefficient (Wildman–Crippen LogP) is 1.21. The zero-order valence-corrected chi connectivity index (χ0v) is 11.2. The second-order valence-electron chi connectivity index (χ2n) is 4.95. The van der Waals surface area contributed by atoms with Crippen LogP contribution >= 0.6 is 0 Å². The lowest BCUT2D eigenvalue weighted by Crippen LogP contribution is -2.57. The van der Waals surface area contributed by atoms with Gasteiger partial charge in [-0.1, -0.05) is 0 Å². The predicted molar refractivity (Wildman–Crippen MR) is 70.2 cm³/mol. The molecule has 5 nitrogen and oxygen atoms in total. The summed E-state index contributed by atoms with van der Waals surface area (Å²) in [6.45, 7) is 8.53. The van der Waals surface area contributed by atoms with Gasteiger partial charge in [0.1, 0.15) is 5.82 Å². The van der Waals surface area contributed by atoms with Crippen LogP contribution in [0.1, 0.15) is 19.5 Å². The van der Waals surface area contributed by atoms with Crippen LogP contribution in [-0.2, 0) is 0 Å². The largest absolute Gasteiger partial charge is 0.352 e. The summed E-state index contributed by atoms with van der Waals surface area (Å²) in [6.07, 6.45) is 3.63. The van der Waals surface area contributed by atoms with E-state index in [2.05, 4.69) is 39.7 Å². The van der Waals surface area contributed by atoms with Gasteiger partial charge >= 0.3 is 0 Å². The fourth-order valence-electron chi connectivity index (χ4n) is 2.49. The molecule has 0 amide bonds. The van der Waals surface area contributed by atoms with Crippen molar-refractivity contribution in [3.05, 3.63) is 18.1 Å². The SMILES string of the molecule is Cc1cnc(N2C[C@@H](C)N(CC#N)[C@@H](C)C2)cn1.